The maximum atomic E-state index is 13.5. The third kappa shape index (κ3) is 2.22. The van der Waals surface area contributed by atoms with Crippen molar-refractivity contribution in [1.29, 1.82) is 0 Å². The number of aromatic nitrogens is 1. The summed E-state index contributed by atoms with van der Waals surface area (Å²) in [6.07, 6.45) is 2.37. The van der Waals surface area contributed by atoms with Crippen LogP contribution in [0.4, 0.5) is 20.2 Å². The molecule has 5 nitrogen and oxygen atoms in total. The van der Waals surface area contributed by atoms with Gasteiger partial charge in [-0.1, -0.05) is 5.16 Å². The van der Waals surface area contributed by atoms with Gasteiger partial charge in [-0.05, 0) is 12.1 Å². The highest BCUT2D eigenvalue weighted by Crippen LogP contribution is 2.18. The number of carbonyl (C=O) groups is 1. The Kier molecular flexibility index (Phi) is 2.73. The van der Waals surface area contributed by atoms with Gasteiger partial charge in [0, 0.05) is 0 Å². The number of nitrogen functional groups attached to an aromatic ring is 1. The maximum absolute atomic E-state index is 13.5. The van der Waals surface area contributed by atoms with Crippen LogP contribution in [0.1, 0.15) is 10.4 Å². The summed E-state index contributed by atoms with van der Waals surface area (Å²) in [4.78, 5) is 11.6. The van der Waals surface area contributed by atoms with Crippen LogP contribution in [0.15, 0.2) is 29.1 Å². The molecule has 0 bridgehead atoms. The van der Waals surface area contributed by atoms with Crippen molar-refractivity contribution in [3.8, 4) is 0 Å². The van der Waals surface area contributed by atoms with Crippen molar-refractivity contribution in [2.45, 2.75) is 0 Å². The van der Waals surface area contributed by atoms with E-state index in [0.717, 1.165) is 18.4 Å². The molecule has 1 amide bonds. The van der Waals surface area contributed by atoms with Crippen molar-refractivity contribution in [2.24, 2.45) is 0 Å². The smallest absolute Gasteiger partial charge is 0.258 e. The van der Waals surface area contributed by atoms with Gasteiger partial charge in [0.2, 0.25) is 0 Å². The fraction of sp³-hybridized carbons (Fsp3) is 0. The molecule has 1 heterocycles. The van der Waals surface area contributed by atoms with Crippen LogP contribution in [0.3, 0.4) is 0 Å². The predicted molar refractivity (Wildman–Crippen MR) is 55.2 cm³/mol. The topological polar surface area (TPSA) is 81.2 Å². The van der Waals surface area contributed by atoms with E-state index in [9.17, 15) is 13.6 Å². The van der Waals surface area contributed by atoms with Crippen LogP contribution in [0.2, 0.25) is 0 Å². The van der Waals surface area contributed by atoms with Gasteiger partial charge in [-0.2, -0.15) is 0 Å². The lowest BCUT2D eigenvalue weighted by molar-refractivity contribution is 0.102. The first-order valence-corrected chi connectivity index (χ1v) is 4.53. The number of nitrogens with two attached hydrogens (primary N) is 1. The Balaban J connectivity index is 2.31. The number of hydrogen-bond donors (Lipinski definition) is 2. The van der Waals surface area contributed by atoms with Crippen LogP contribution in [0.5, 0.6) is 0 Å². The molecular weight excluding hydrogens is 232 g/mol. The number of nitrogens with one attached hydrogen (secondary N) is 1. The summed E-state index contributed by atoms with van der Waals surface area (Å²) in [5.74, 6) is -2.60. The quantitative estimate of drug-likeness (QED) is 0.783. The van der Waals surface area contributed by atoms with E-state index in [1.807, 2.05) is 0 Å². The highest BCUT2D eigenvalue weighted by Gasteiger charge is 2.16. The molecule has 2 aromatic rings. The standard InChI is InChI=1S/C10H7F2N3O2/c11-5-1-7(9(12)8(13)2-5)10(16)15-6-3-14-17-4-6/h1-4H,13H2,(H,15,16). The summed E-state index contributed by atoms with van der Waals surface area (Å²) in [5.41, 5.74) is 4.53. The summed E-state index contributed by atoms with van der Waals surface area (Å²) < 4.78 is 30.9. The second-order valence-corrected chi connectivity index (χ2v) is 3.22. The molecule has 3 N–H and O–H groups in total. The number of amides is 1. The number of carbonyl (C=O) groups excluding carboxylic acids is 1. The van der Waals surface area contributed by atoms with E-state index in [0.29, 0.717) is 0 Å². The number of hydrogen-bond acceptors (Lipinski definition) is 4. The van der Waals surface area contributed by atoms with E-state index in [1.54, 1.807) is 0 Å². The van der Waals surface area contributed by atoms with Gasteiger partial charge in [-0.25, -0.2) is 8.78 Å². The van der Waals surface area contributed by atoms with Crippen LogP contribution in [-0.4, -0.2) is 11.1 Å². The normalized spacial score (nSPS) is 10.2. The van der Waals surface area contributed by atoms with Crippen molar-refractivity contribution < 1.29 is 18.1 Å². The Hall–Kier alpha value is -2.44. The van der Waals surface area contributed by atoms with Gasteiger partial charge < -0.3 is 15.6 Å². The van der Waals surface area contributed by atoms with Gasteiger partial charge in [0.15, 0.2) is 5.82 Å². The molecule has 0 spiro atoms. The Labute approximate surface area is 94.2 Å². The summed E-state index contributed by atoms with van der Waals surface area (Å²) in [7, 11) is 0. The number of rotatable bonds is 2. The third-order valence-electron chi connectivity index (χ3n) is 2.00. The lowest BCUT2D eigenvalue weighted by atomic mass is 10.1. The van der Waals surface area contributed by atoms with Crippen LogP contribution < -0.4 is 11.1 Å². The lowest BCUT2D eigenvalue weighted by Crippen LogP contribution is -2.14. The van der Waals surface area contributed by atoms with E-state index in [4.69, 9.17) is 5.73 Å². The highest BCUT2D eigenvalue weighted by atomic mass is 19.1. The molecule has 0 fully saturated rings. The number of anilines is 2. The Bertz CT molecular complexity index is 555. The predicted octanol–water partition coefficient (Wildman–Crippen LogP) is 1.79. The first-order valence-electron chi connectivity index (χ1n) is 4.53. The molecular formula is C10H7F2N3O2. The molecule has 0 saturated heterocycles. The molecule has 0 aliphatic heterocycles. The Morgan fingerprint density at radius 1 is 1.41 bits per heavy atom. The highest BCUT2D eigenvalue weighted by molar-refractivity contribution is 6.04. The second-order valence-electron chi connectivity index (χ2n) is 3.22. The van der Waals surface area contributed by atoms with Crippen molar-refractivity contribution in [3.05, 3.63) is 41.8 Å². The van der Waals surface area contributed by atoms with Crippen molar-refractivity contribution in [2.75, 3.05) is 11.1 Å². The van der Waals surface area contributed by atoms with Gasteiger partial charge in [-0.15, -0.1) is 0 Å². The number of nitrogens with zero attached hydrogens (tertiary/aromatic N) is 1. The fourth-order valence-corrected chi connectivity index (χ4v) is 1.24. The Morgan fingerprint density at radius 2 is 2.18 bits per heavy atom. The molecule has 0 saturated carbocycles. The fourth-order valence-electron chi connectivity index (χ4n) is 1.24. The van der Waals surface area contributed by atoms with Crippen LogP contribution in [-0.2, 0) is 0 Å². The number of halogens is 2. The van der Waals surface area contributed by atoms with E-state index in [-0.39, 0.29) is 5.69 Å². The average Bonchev–Trinajstić information content (AvgIpc) is 2.76. The molecule has 0 unspecified atom stereocenters. The molecule has 88 valence electrons. The summed E-state index contributed by atoms with van der Waals surface area (Å²) in [5, 5.41) is 5.62. The van der Waals surface area contributed by atoms with Crippen LogP contribution >= 0.6 is 0 Å². The van der Waals surface area contributed by atoms with Crippen LogP contribution in [0.25, 0.3) is 0 Å². The zero-order valence-corrected chi connectivity index (χ0v) is 8.41. The maximum Gasteiger partial charge on any atom is 0.258 e. The van der Waals surface area contributed by atoms with E-state index >= 15 is 0 Å². The molecule has 2 rings (SSSR count). The summed E-state index contributed by atoms with van der Waals surface area (Å²) in [6, 6.07) is 1.56. The third-order valence-corrected chi connectivity index (χ3v) is 2.00. The van der Waals surface area contributed by atoms with E-state index in [2.05, 4.69) is 15.0 Å². The second kappa shape index (κ2) is 4.20. The van der Waals surface area contributed by atoms with Crippen LogP contribution in [0, 0.1) is 11.6 Å². The SMILES string of the molecule is Nc1cc(F)cc(C(=O)Nc2cnoc2)c1F. The van der Waals surface area contributed by atoms with E-state index in [1.165, 1.54) is 6.20 Å². The van der Waals surface area contributed by atoms with Crippen molar-refractivity contribution in [1.82, 2.24) is 5.16 Å². The molecule has 1 aromatic heterocycles. The molecule has 0 aliphatic carbocycles. The molecule has 1 aromatic carbocycles. The molecule has 0 radical (unpaired) electrons. The molecule has 17 heavy (non-hydrogen) atoms. The largest absolute Gasteiger partial charge is 0.396 e. The summed E-state index contributed by atoms with van der Waals surface area (Å²) >= 11 is 0. The summed E-state index contributed by atoms with van der Waals surface area (Å²) in [6.45, 7) is 0. The van der Waals surface area contributed by atoms with E-state index < -0.39 is 28.8 Å². The van der Waals surface area contributed by atoms with Gasteiger partial charge in [0.05, 0.1) is 17.4 Å². The monoisotopic (exact) mass is 239 g/mol. The molecule has 0 aliphatic rings. The van der Waals surface area contributed by atoms with Crippen molar-refractivity contribution >= 4 is 17.3 Å². The van der Waals surface area contributed by atoms with Crippen molar-refractivity contribution in [3.63, 3.8) is 0 Å². The average molecular weight is 239 g/mol. The van der Waals surface area contributed by atoms with Gasteiger partial charge in [-0.3, -0.25) is 4.79 Å². The molecule has 0 atom stereocenters. The zero-order valence-electron chi connectivity index (χ0n) is 8.41. The molecule has 7 heteroatoms. The number of benzene rings is 1. The minimum atomic E-state index is -0.972. The lowest BCUT2D eigenvalue weighted by Gasteiger charge is -2.05. The zero-order chi connectivity index (χ0) is 12.4. The Morgan fingerprint density at radius 3 is 2.82 bits per heavy atom. The first kappa shape index (κ1) is 11.1. The minimum Gasteiger partial charge on any atom is -0.396 e. The minimum absolute atomic E-state index is 0.234. The van der Waals surface area contributed by atoms with Gasteiger partial charge in [0.25, 0.3) is 5.91 Å². The first-order chi connectivity index (χ1) is 8.08. The van der Waals surface area contributed by atoms with Gasteiger partial charge >= 0.3 is 0 Å². The van der Waals surface area contributed by atoms with Gasteiger partial charge in [0.1, 0.15) is 17.8 Å².